The average Bonchev–Trinajstić information content (AvgIpc) is 2.44. The molecule has 0 aromatic rings. The Hall–Kier alpha value is 0.150. The van der Waals surface area contributed by atoms with Crippen LogP contribution in [0.15, 0.2) is 0 Å². The van der Waals surface area contributed by atoms with Crippen molar-refractivity contribution >= 4 is 7.60 Å². The summed E-state index contributed by atoms with van der Waals surface area (Å²) in [6, 6.07) is 0. The number of hydrogen-bond donors (Lipinski definition) is 1. The molecule has 0 rings (SSSR count). The second-order valence-electron chi connectivity index (χ2n) is 5.79. The molecule has 20 heavy (non-hydrogen) atoms. The van der Waals surface area contributed by atoms with Gasteiger partial charge in [0.25, 0.3) is 0 Å². The fourth-order valence-corrected chi connectivity index (χ4v) is 3.23. The molecule has 0 heterocycles. The fraction of sp³-hybridized carbons (Fsp3) is 1.00. The van der Waals surface area contributed by atoms with Gasteiger partial charge in [0.2, 0.25) is 0 Å². The molecule has 0 aliphatic rings. The lowest BCUT2D eigenvalue weighted by molar-refractivity contribution is 0.314. The lowest BCUT2D eigenvalue weighted by atomic mass is 10.1. The molecular formula is C16H35O3P. The quantitative estimate of drug-likeness (QED) is 0.302. The van der Waals surface area contributed by atoms with Crippen LogP contribution in [0.25, 0.3) is 0 Å². The van der Waals surface area contributed by atoms with E-state index >= 15 is 0 Å². The van der Waals surface area contributed by atoms with Crippen LogP contribution < -0.4 is 0 Å². The molecule has 0 amide bonds. The zero-order valence-corrected chi connectivity index (χ0v) is 14.5. The molecule has 1 N–H and O–H groups in total. The third-order valence-electron chi connectivity index (χ3n) is 3.83. The van der Waals surface area contributed by atoms with Gasteiger partial charge in [0.05, 0.1) is 0 Å². The molecule has 0 aromatic heterocycles. The van der Waals surface area contributed by atoms with E-state index in [-0.39, 0.29) is 0 Å². The van der Waals surface area contributed by atoms with E-state index in [2.05, 4.69) is 11.4 Å². The first-order valence-corrected chi connectivity index (χ1v) is 10.3. The molecule has 0 radical (unpaired) electrons. The zero-order valence-electron chi connectivity index (χ0n) is 13.6. The molecule has 0 fully saturated rings. The Bertz CT molecular complexity index is 244. The summed E-state index contributed by atoms with van der Waals surface area (Å²) in [6.07, 6.45) is 17.0. The summed E-state index contributed by atoms with van der Waals surface area (Å²) in [5.74, 6) is 0. The summed E-state index contributed by atoms with van der Waals surface area (Å²) >= 11 is 0. The van der Waals surface area contributed by atoms with Gasteiger partial charge in [0.1, 0.15) is 0 Å². The van der Waals surface area contributed by atoms with E-state index in [1.165, 1.54) is 77.7 Å². The maximum atomic E-state index is 11.2. The maximum Gasteiger partial charge on any atom is 0.327 e. The minimum Gasteiger partial charge on any atom is -0.324 e. The van der Waals surface area contributed by atoms with Crippen molar-refractivity contribution in [1.29, 1.82) is 0 Å². The molecular weight excluding hydrogens is 271 g/mol. The Labute approximate surface area is 126 Å². The monoisotopic (exact) mass is 306 g/mol. The Morgan fingerprint density at radius 2 is 1.10 bits per heavy atom. The van der Waals surface area contributed by atoms with Crippen molar-refractivity contribution in [1.82, 2.24) is 0 Å². The average molecular weight is 306 g/mol. The highest BCUT2D eigenvalue weighted by molar-refractivity contribution is 7.52. The van der Waals surface area contributed by atoms with Crippen molar-refractivity contribution in [2.75, 3.05) is 13.3 Å². The number of unbranched alkanes of at least 4 members (excludes halogenated alkanes) is 12. The van der Waals surface area contributed by atoms with Gasteiger partial charge in [-0.1, -0.05) is 84.0 Å². The van der Waals surface area contributed by atoms with Gasteiger partial charge >= 0.3 is 7.60 Å². The van der Waals surface area contributed by atoms with Crippen LogP contribution in [0.5, 0.6) is 0 Å². The molecule has 3 nitrogen and oxygen atoms in total. The van der Waals surface area contributed by atoms with Gasteiger partial charge in [-0.15, -0.1) is 0 Å². The van der Waals surface area contributed by atoms with Crippen LogP contribution >= 0.6 is 7.60 Å². The minimum atomic E-state index is -3.26. The van der Waals surface area contributed by atoms with Crippen molar-refractivity contribution < 1.29 is 14.0 Å². The van der Waals surface area contributed by atoms with E-state index in [0.717, 1.165) is 12.8 Å². The molecule has 0 saturated carbocycles. The molecule has 0 spiro atoms. The van der Waals surface area contributed by atoms with E-state index in [9.17, 15) is 9.46 Å². The zero-order chi connectivity index (χ0) is 15.1. The number of hydrogen-bond acceptors (Lipinski definition) is 2. The fourth-order valence-electron chi connectivity index (χ4n) is 2.42. The second-order valence-corrected chi connectivity index (χ2v) is 7.87. The Balaban J connectivity index is 3.08. The first kappa shape index (κ1) is 20.1. The normalized spacial score (nSPS) is 14.3. The molecule has 0 aliphatic carbocycles. The van der Waals surface area contributed by atoms with Crippen LogP contribution in [-0.2, 0) is 9.09 Å². The van der Waals surface area contributed by atoms with Gasteiger partial charge in [-0.3, -0.25) is 4.57 Å². The third kappa shape index (κ3) is 14.6. The van der Waals surface area contributed by atoms with Gasteiger partial charge in [0, 0.05) is 13.3 Å². The third-order valence-corrected chi connectivity index (χ3v) is 5.28. The Kier molecular flexibility index (Phi) is 14.2. The molecule has 0 aliphatic heterocycles. The van der Waals surface area contributed by atoms with E-state index in [1.54, 1.807) is 0 Å². The molecule has 4 heteroatoms. The first-order chi connectivity index (χ1) is 9.62. The van der Waals surface area contributed by atoms with E-state index in [0.29, 0.717) is 6.16 Å². The van der Waals surface area contributed by atoms with E-state index < -0.39 is 7.60 Å². The van der Waals surface area contributed by atoms with Crippen LogP contribution in [0.2, 0.25) is 0 Å². The van der Waals surface area contributed by atoms with Crippen molar-refractivity contribution in [2.45, 2.75) is 90.4 Å². The Morgan fingerprint density at radius 1 is 0.750 bits per heavy atom. The molecule has 1 unspecified atom stereocenters. The summed E-state index contributed by atoms with van der Waals surface area (Å²) in [6.45, 7) is 2.26. The summed E-state index contributed by atoms with van der Waals surface area (Å²) in [5.41, 5.74) is 0. The minimum absolute atomic E-state index is 0.307. The summed E-state index contributed by atoms with van der Waals surface area (Å²) in [7, 11) is -1.95. The summed E-state index contributed by atoms with van der Waals surface area (Å²) in [5, 5.41) is 0. The smallest absolute Gasteiger partial charge is 0.324 e. The number of rotatable bonds is 15. The lowest BCUT2D eigenvalue weighted by Crippen LogP contribution is -1.91. The second kappa shape index (κ2) is 14.1. The van der Waals surface area contributed by atoms with Crippen LogP contribution in [0.3, 0.4) is 0 Å². The van der Waals surface area contributed by atoms with E-state index in [1.807, 2.05) is 0 Å². The standard InChI is InChI=1S/C16H35O3P/c1-3-4-5-6-7-8-9-10-11-12-13-14-15-16-20(17,18)19-2/h3-16H2,1-2H3,(H,17,18). The maximum absolute atomic E-state index is 11.2. The van der Waals surface area contributed by atoms with E-state index in [4.69, 9.17) is 0 Å². The SMILES string of the molecule is CCCCCCCCCCCCCCCP(=O)(O)OC. The topological polar surface area (TPSA) is 46.5 Å². The lowest BCUT2D eigenvalue weighted by Gasteiger charge is -2.07. The predicted molar refractivity (Wildman–Crippen MR) is 87.4 cm³/mol. The van der Waals surface area contributed by atoms with Crippen molar-refractivity contribution in [3.63, 3.8) is 0 Å². The van der Waals surface area contributed by atoms with Gasteiger partial charge in [0.15, 0.2) is 0 Å². The summed E-state index contributed by atoms with van der Waals surface area (Å²) < 4.78 is 15.8. The van der Waals surface area contributed by atoms with Crippen molar-refractivity contribution in [3.05, 3.63) is 0 Å². The highest BCUT2D eigenvalue weighted by Gasteiger charge is 2.15. The molecule has 0 saturated heterocycles. The first-order valence-electron chi connectivity index (χ1n) is 8.50. The molecule has 122 valence electrons. The highest BCUT2D eigenvalue weighted by Crippen LogP contribution is 2.41. The largest absolute Gasteiger partial charge is 0.327 e. The van der Waals surface area contributed by atoms with Gasteiger partial charge < -0.3 is 9.42 Å². The summed E-state index contributed by atoms with van der Waals surface area (Å²) in [4.78, 5) is 9.23. The predicted octanol–water partition coefficient (Wildman–Crippen LogP) is 5.91. The molecule has 0 bridgehead atoms. The van der Waals surface area contributed by atoms with Crippen LogP contribution in [0.1, 0.15) is 90.4 Å². The van der Waals surface area contributed by atoms with Gasteiger partial charge in [-0.25, -0.2) is 0 Å². The van der Waals surface area contributed by atoms with Gasteiger partial charge in [-0.2, -0.15) is 0 Å². The highest BCUT2D eigenvalue weighted by atomic mass is 31.2. The van der Waals surface area contributed by atoms with Crippen LogP contribution in [0.4, 0.5) is 0 Å². The molecule has 0 aromatic carbocycles. The Morgan fingerprint density at radius 3 is 1.45 bits per heavy atom. The molecule has 1 atom stereocenters. The van der Waals surface area contributed by atoms with Crippen LogP contribution in [-0.4, -0.2) is 18.2 Å². The van der Waals surface area contributed by atoms with Gasteiger partial charge in [-0.05, 0) is 6.42 Å². The van der Waals surface area contributed by atoms with Crippen molar-refractivity contribution in [3.8, 4) is 0 Å². The van der Waals surface area contributed by atoms with Crippen LogP contribution in [0, 0.1) is 0 Å². The van der Waals surface area contributed by atoms with Crippen molar-refractivity contribution in [2.24, 2.45) is 0 Å².